The number of esters is 1. The number of aryl methyl sites for hydroxylation is 1. The van der Waals surface area contributed by atoms with Crippen molar-refractivity contribution in [3.8, 4) is 0 Å². The van der Waals surface area contributed by atoms with Gasteiger partial charge in [0.05, 0.1) is 34.1 Å². The molecule has 0 heterocycles. The number of benzene rings is 2. The summed E-state index contributed by atoms with van der Waals surface area (Å²) < 4.78 is 4.75. The molecule has 0 saturated heterocycles. The summed E-state index contributed by atoms with van der Waals surface area (Å²) in [5.74, 6) is -0.496. The number of halogens is 2. The van der Waals surface area contributed by atoms with E-state index >= 15 is 0 Å². The number of hydrogen-bond acceptors (Lipinski definition) is 4. The van der Waals surface area contributed by atoms with E-state index in [0.717, 1.165) is 5.56 Å². The van der Waals surface area contributed by atoms with Gasteiger partial charge in [-0.05, 0) is 36.8 Å². The highest BCUT2D eigenvalue weighted by molar-refractivity contribution is 6.39. The third-order valence-electron chi connectivity index (χ3n) is 2.99. The average Bonchev–Trinajstić information content (AvgIpc) is 2.48. The molecule has 21 heavy (non-hydrogen) atoms. The van der Waals surface area contributed by atoms with Crippen molar-refractivity contribution < 1.29 is 9.53 Å². The zero-order chi connectivity index (χ0) is 15.6. The van der Waals surface area contributed by atoms with Crippen molar-refractivity contribution in [2.24, 2.45) is 0 Å². The van der Waals surface area contributed by atoms with Gasteiger partial charge in [-0.1, -0.05) is 29.3 Å². The molecule has 0 unspecified atom stereocenters. The summed E-state index contributed by atoms with van der Waals surface area (Å²) in [5.41, 5.74) is 8.41. The quantitative estimate of drug-likeness (QED) is 0.648. The Morgan fingerprint density at radius 3 is 2.62 bits per heavy atom. The van der Waals surface area contributed by atoms with Crippen molar-refractivity contribution in [1.29, 1.82) is 0 Å². The molecule has 0 atom stereocenters. The van der Waals surface area contributed by atoms with Crippen LogP contribution in [0.2, 0.25) is 10.0 Å². The van der Waals surface area contributed by atoms with Gasteiger partial charge >= 0.3 is 5.97 Å². The summed E-state index contributed by atoms with van der Waals surface area (Å²) in [6.07, 6.45) is 0. The van der Waals surface area contributed by atoms with Crippen LogP contribution in [-0.2, 0) is 4.74 Å². The van der Waals surface area contributed by atoms with Crippen LogP contribution in [0.1, 0.15) is 15.9 Å². The molecule has 110 valence electrons. The highest BCUT2D eigenvalue weighted by Crippen LogP contribution is 2.36. The van der Waals surface area contributed by atoms with Gasteiger partial charge in [0.1, 0.15) is 0 Å². The molecule has 0 aromatic heterocycles. The molecule has 0 bridgehead atoms. The largest absolute Gasteiger partial charge is 0.465 e. The van der Waals surface area contributed by atoms with Crippen molar-refractivity contribution in [1.82, 2.24) is 0 Å². The number of rotatable bonds is 3. The van der Waals surface area contributed by atoms with Gasteiger partial charge in [-0.2, -0.15) is 0 Å². The first-order chi connectivity index (χ1) is 9.93. The molecule has 2 rings (SSSR count). The highest BCUT2D eigenvalue weighted by atomic mass is 35.5. The lowest BCUT2D eigenvalue weighted by molar-refractivity contribution is 0.0602. The lowest BCUT2D eigenvalue weighted by atomic mass is 10.1. The lowest BCUT2D eigenvalue weighted by Crippen LogP contribution is -2.07. The van der Waals surface area contributed by atoms with Crippen molar-refractivity contribution in [3.05, 3.63) is 51.5 Å². The van der Waals surface area contributed by atoms with E-state index in [1.807, 2.05) is 13.0 Å². The van der Waals surface area contributed by atoms with Gasteiger partial charge in [0.15, 0.2) is 0 Å². The van der Waals surface area contributed by atoms with Gasteiger partial charge in [0, 0.05) is 5.69 Å². The number of anilines is 3. The van der Waals surface area contributed by atoms with Gasteiger partial charge in [0.2, 0.25) is 0 Å². The van der Waals surface area contributed by atoms with Crippen LogP contribution in [0.15, 0.2) is 30.3 Å². The summed E-state index contributed by atoms with van der Waals surface area (Å²) in [7, 11) is 1.31. The number of ether oxygens (including phenoxy) is 1. The summed E-state index contributed by atoms with van der Waals surface area (Å²) >= 11 is 12.4. The van der Waals surface area contributed by atoms with Gasteiger partial charge in [-0.15, -0.1) is 0 Å². The minimum Gasteiger partial charge on any atom is -0.465 e. The molecule has 2 aromatic carbocycles. The van der Waals surface area contributed by atoms with Crippen LogP contribution in [0.3, 0.4) is 0 Å². The third kappa shape index (κ3) is 3.23. The van der Waals surface area contributed by atoms with E-state index in [4.69, 9.17) is 33.7 Å². The summed E-state index contributed by atoms with van der Waals surface area (Å²) in [6.45, 7) is 1.87. The van der Waals surface area contributed by atoms with Crippen LogP contribution in [-0.4, -0.2) is 13.1 Å². The normalized spacial score (nSPS) is 10.3. The van der Waals surface area contributed by atoms with Crippen molar-refractivity contribution in [2.45, 2.75) is 6.92 Å². The van der Waals surface area contributed by atoms with Crippen molar-refractivity contribution in [2.75, 3.05) is 18.2 Å². The van der Waals surface area contributed by atoms with Crippen LogP contribution in [0.5, 0.6) is 0 Å². The average molecular weight is 325 g/mol. The van der Waals surface area contributed by atoms with E-state index < -0.39 is 5.97 Å². The van der Waals surface area contributed by atoms with Crippen LogP contribution in [0, 0.1) is 6.92 Å². The molecule has 4 nitrogen and oxygen atoms in total. The Morgan fingerprint density at radius 2 is 1.95 bits per heavy atom. The lowest BCUT2D eigenvalue weighted by Gasteiger charge is -2.15. The molecule has 0 amide bonds. The van der Waals surface area contributed by atoms with E-state index in [-0.39, 0.29) is 0 Å². The molecular formula is C15H14Cl2N2O2. The predicted octanol–water partition coefficient (Wildman–Crippen LogP) is 4.41. The van der Waals surface area contributed by atoms with E-state index in [0.29, 0.717) is 32.7 Å². The van der Waals surface area contributed by atoms with Crippen LogP contribution >= 0.6 is 23.2 Å². The molecule has 6 heteroatoms. The Kier molecular flexibility index (Phi) is 4.60. The summed E-state index contributed by atoms with van der Waals surface area (Å²) in [6, 6.07) is 8.44. The maximum Gasteiger partial charge on any atom is 0.340 e. The van der Waals surface area contributed by atoms with Crippen molar-refractivity contribution >= 4 is 46.2 Å². The molecule has 2 aromatic rings. The Morgan fingerprint density at radius 1 is 1.24 bits per heavy atom. The molecule has 0 spiro atoms. The maximum absolute atomic E-state index is 11.8. The Labute approximate surface area is 132 Å². The zero-order valence-electron chi connectivity index (χ0n) is 11.5. The fourth-order valence-corrected chi connectivity index (χ4v) is 2.32. The number of nitrogen functional groups attached to an aromatic ring is 1. The zero-order valence-corrected chi connectivity index (χ0v) is 13.0. The molecule has 3 N–H and O–H groups in total. The van der Waals surface area contributed by atoms with Crippen LogP contribution in [0.25, 0.3) is 0 Å². The monoisotopic (exact) mass is 324 g/mol. The Hall–Kier alpha value is -1.91. The topological polar surface area (TPSA) is 64.3 Å². The maximum atomic E-state index is 11.8. The second-order valence-corrected chi connectivity index (χ2v) is 5.26. The fraction of sp³-hybridized carbons (Fsp3) is 0.133. The van der Waals surface area contributed by atoms with Crippen LogP contribution in [0.4, 0.5) is 17.1 Å². The minimum absolute atomic E-state index is 0.311. The number of nitrogens with two attached hydrogens (primary N) is 1. The first-order valence-electron chi connectivity index (χ1n) is 6.13. The van der Waals surface area contributed by atoms with Gasteiger partial charge < -0.3 is 15.8 Å². The Balaban J connectivity index is 2.50. The summed E-state index contributed by atoms with van der Waals surface area (Å²) in [5, 5.41) is 4.02. The van der Waals surface area contributed by atoms with Crippen LogP contribution < -0.4 is 11.1 Å². The van der Waals surface area contributed by atoms with E-state index in [1.165, 1.54) is 13.2 Å². The van der Waals surface area contributed by atoms with Crippen molar-refractivity contribution in [3.63, 3.8) is 0 Å². The standard InChI is InChI=1S/C15H14Cl2N2O2/c1-8-3-5-11(16)14(13(8)17)19-12-6-4-9(18)7-10(12)15(20)21-2/h3-7,19H,18H2,1-2H3. The molecule has 0 aliphatic carbocycles. The number of nitrogens with one attached hydrogen (secondary N) is 1. The molecule has 0 aliphatic heterocycles. The third-order valence-corrected chi connectivity index (χ3v) is 3.79. The molecular weight excluding hydrogens is 311 g/mol. The molecule has 0 fully saturated rings. The SMILES string of the molecule is COC(=O)c1cc(N)ccc1Nc1c(Cl)ccc(C)c1Cl. The second kappa shape index (κ2) is 6.24. The number of carbonyl (C=O) groups excluding carboxylic acids is 1. The smallest absolute Gasteiger partial charge is 0.340 e. The van der Waals surface area contributed by atoms with E-state index in [2.05, 4.69) is 5.32 Å². The Bertz CT molecular complexity index is 702. The van der Waals surface area contributed by atoms with E-state index in [9.17, 15) is 4.79 Å². The predicted molar refractivity (Wildman–Crippen MR) is 86.7 cm³/mol. The van der Waals surface area contributed by atoms with Gasteiger partial charge in [0.25, 0.3) is 0 Å². The van der Waals surface area contributed by atoms with Gasteiger partial charge in [-0.3, -0.25) is 0 Å². The molecule has 0 saturated carbocycles. The van der Waals surface area contributed by atoms with E-state index in [1.54, 1.807) is 18.2 Å². The number of hydrogen-bond donors (Lipinski definition) is 2. The molecule has 0 aliphatic rings. The first-order valence-corrected chi connectivity index (χ1v) is 6.89. The highest BCUT2D eigenvalue weighted by Gasteiger charge is 2.15. The van der Waals surface area contributed by atoms with Gasteiger partial charge in [-0.25, -0.2) is 4.79 Å². The second-order valence-electron chi connectivity index (χ2n) is 4.47. The molecule has 0 radical (unpaired) electrons. The first kappa shape index (κ1) is 15.5. The number of methoxy groups -OCH3 is 1. The summed E-state index contributed by atoms with van der Waals surface area (Å²) in [4.78, 5) is 11.8. The minimum atomic E-state index is -0.496. The number of carbonyl (C=O) groups is 1. The fourth-order valence-electron chi connectivity index (χ4n) is 1.86.